The molecule has 0 radical (unpaired) electrons. The van der Waals surface area contributed by atoms with Crippen molar-refractivity contribution < 1.29 is 19.1 Å². The molecule has 6 aromatic rings. The highest BCUT2D eigenvalue weighted by Gasteiger charge is 2.20. The van der Waals surface area contributed by atoms with Crippen LogP contribution in [0.15, 0.2) is 113 Å². The van der Waals surface area contributed by atoms with Crippen LogP contribution in [0.1, 0.15) is 22.8 Å². The third-order valence-corrected chi connectivity index (χ3v) is 6.78. The number of fused-ring (bicyclic) bond motifs is 3. The van der Waals surface area contributed by atoms with E-state index in [9.17, 15) is 14.4 Å². The van der Waals surface area contributed by atoms with Crippen LogP contribution in [-0.4, -0.2) is 39.0 Å². The molecule has 0 fully saturated rings. The van der Waals surface area contributed by atoms with Crippen molar-refractivity contribution in [1.29, 1.82) is 0 Å². The van der Waals surface area contributed by atoms with Crippen molar-refractivity contribution in [3.8, 4) is 5.75 Å². The number of pyridine rings is 2. The predicted octanol–water partition coefficient (Wildman–Crippen LogP) is 4.53. The van der Waals surface area contributed by atoms with Crippen molar-refractivity contribution in [2.75, 3.05) is 13.2 Å². The Labute approximate surface area is 239 Å². The maximum atomic E-state index is 13.6. The second kappa shape index (κ2) is 11.5. The number of rotatable bonds is 7. The first-order chi connectivity index (χ1) is 20.5. The van der Waals surface area contributed by atoms with E-state index in [0.29, 0.717) is 11.4 Å². The fourth-order valence-electron chi connectivity index (χ4n) is 4.83. The highest BCUT2D eigenvalue weighted by atomic mass is 16.5. The third-order valence-electron chi connectivity index (χ3n) is 6.78. The number of carbonyl (C=O) groups is 2. The summed E-state index contributed by atoms with van der Waals surface area (Å²) in [6.45, 7) is 1.61. The van der Waals surface area contributed by atoms with Gasteiger partial charge >= 0.3 is 5.97 Å². The van der Waals surface area contributed by atoms with Crippen molar-refractivity contribution in [2.45, 2.75) is 13.5 Å². The van der Waals surface area contributed by atoms with E-state index in [1.165, 1.54) is 10.5 Å². The smallest absolute Gasteiger partial charge is 0.341 e. The minimum absolute atomic E-state index is 0.0193. The number of hydrogen-bond acceptors (Lipinski definition) is 6. The number of ether oxygens (including phenoxy) is 2. The van der Waals surface area contributed by atoms with Crippen LogP contribution >= 0.6 is 0 Å². The number of carbonyl (C=O) groups excluding carboxylic acids is 2. The first kappa shape index (κ1) is 26.6. The summed E-state index contributed by atoms with van der Waals surface area (Å²) < 4.78 is 14.1. The molecule has 0 saturated carbocycles. The largest absolute Gasteiger partial charge is 0.484 e. The first-order valence-electron chi connectivity index (χ1n) is 13.5. The van der Waals surface area contributed by atoms with Gasteiger partial charge in [-0.2, -0.15) is 4.99 Å². The lowest BCUT2D eigenvalue weighted by molar-refractivity contribution is -0.120. The Kier molecular flexibility index (Phi) is 7.30. The number of aromatic nitrogens is 3. The van der Waals surface area contributed by atoms with Gasteiger partial charge in [0.25, 0.3) is 11.5 Å². The second-order valence-electron chi connectivity index (χ2n) is 9.56. The molecule has 0 aliphatic carbocycles. The van der Waals surface area contributed by atoms with Gasteiger partial charge < -0.3 is 14.0 Å². The topological polar surface area (TPSA) is 104 Å². The fraction of sp³-hybridized carbons (Fsp3) is 0.121. The molecule has 208 valence electrons. The highest BCUT2D eigenvalue weighted by molar-refractivity contribution is 5.94. The van der Waals surface area contributed by atoms with E-state index in [1.807, 2.05) is 66.7 Å². The van der Waals surface area contributed by atoms with E-state index in [4.69, 9.17) is 14.5 Å². The van der Waals surface area contributed by atoms with Crippen molar-refractivity contribution in [2.24, 2.45) is 4.99 Å². The third kappa shape index (κ3) is 5.27. The molecule has 9 nitrogen and oxygen atoms in total. The van der Waals surface area contributed by atoms with Crippen LogP contribution in [0.2, 0.25) is 0 Å². The van der Waals surface area contributed by atoms with Gasteiger partial charge in [-0.3, -0.25) is 14.0 Å². The number of benzene rings is 3. The predicted molar refractivity (Wildman–Crippen MR) is 158 cm³/mol. The van der Waals surface area contributed by atoms with Crippen molar-refractivity contribution >= 4 is 39.3 Å². The molecule has 42 heavy (non-hydrogen) atoms. The van der Waals surface area contributed by atoms with Crippen LogP contribution in [0.4, 0.5) is 0 Å². The zero-order valence-electron chi connectivity index (χ0n) is 22.8. The summed E-state index contributed by atoms with van der Waals surface area (Å²) in [4.78, 5) is 49.1. The molecule has 0 aliphatic heterocycles. The Bertz CT molecular complexity index is 2100. The van der Waals surface area contributed by atoms with E-state index in [2.05, 4.69) is 4.99 Å². The molecular weight excluding hydrogens is 532 g/mol. The van der Waals surface area contributed by atoms with Gasteiger partial charge in [0.05, 0.1) is 18.5 Å². The Balaban J connectivity index is 1.52. The molecule has 0 saturated heterocycles. The number of esters is 1. The van der Waals surface area contributed by atoms with Crippen LogP contribution in [0.5, 0.6) is 5.75 Å². The summed E-state index contributed by atoms with van der Waals surface area (Å²) in [6, 6.07) is 29.4. The van der Waals surface area contributed by atoms with Gasteiger partial charge in [0.1, 0.15) is 22.6 Å². The molecule has 0 unspecified atom stereocenters. The Hall–Kier alpha value is -5.57. The zero-order valence-corrected chi connectivity index (χ0v) is 22.8. The number of amides is 1. The lowest BCUT2D eigenvalue weighted by Crippen LogP contribution is -2.33. The Morgan fingerprint density at radius 3 is 2.45 bits per heavy atom. The monoisotopic (exact) mass is 558 g/mol. The lowest BCUT2D eigenvalue weighted by Gasteiger charge is -2.15. The SMILES string of the molecule is CCOC(=O)c1cc2c(=O)n3ccccc3nc2n(Cc2ccccc2)c1=NC(=O)COc1ccc2ccccc2c1. The van der Waals surface area contributed by atoms with Crippen molar-refractivity contribution in [3.63, 3.8) is 0 Å². The summed E-state index contributed by atoms with van der Waals surface area (Å²) in [6.07, 6.45) is 1.61. The van der Waals surface area contributed by atoms with Crippen LogP contribution in [0.25, 0.3) is 27.5 Å². The van der Waals surface area contributed by atoms with E-state index in [1.54, 1.807) is 42.0 Å². The fourth-order valence-corrected chi connectivity index (χ4v) is 4.83. The minimum Gasteiger partial charge on any atom is -0.484 e. The van der Waals surface area contributed by atoms with E-state index < -0.39 is 11.9 Å². The van der Waals surface area contributed by atoms with E-state index in [0.717, 1.165) is 16.3 Å². The lowest BCUT2D eigenvalue weighted by atomic mass is 10.1. The average molecular weight is 559 g/mol. The first-order valence-corrected chi connectivity index (χ1v) is 13.5. The zero-order chi connectivity index (χ0) is 29.1. The minimum atomic E-state index is -0.708. The molecular formula is C33H26N4O5. The molecule has 0 spiro atoms. The van der Waals surface area contributed by atoms with Gasteiger partial charge in [-0.15, -0.1) is 0 Å². The molecule has 0 aliphatic rings. The summed E-state index contributed by atoms with van der Waals surface area (Å²) in [5.41, 5.74) is 1.21. The van der Waals surface area contributed by atoms with Crippen LogP contribution in [-0.2, 0) is 16.1 Å². The molecule has 0 bridgehead atoms. The van der Waals surface area contributed by atoms with Crippen LogP contribution < -0.4 is 15.8 Å². The van der Waals surface area contributed by atoms with Gasteiger partial charge in [-0.05, 0) is 53.6 Å². The molecule has 9 heteroatoms. The Morgan fingerprint density at radius 1 is 0.881 bits per heavy atom. The molecule has 0 atom stereocenters. The summed E-state index contributed by atoms with van der Waals surface area (Å²) in [7, 11) is 0. The molecule has 3 aromatic heterocycles. The molecule has 0 N–H and O–H groups in total. The average Bonchev–Trinajstić information content (AvgIpc) is 3.02. The molecule has 1 amide bonds. The second-order valence-corrected chi connectivity index (χ2v) is 9.56. The van der Waals surface area contributed by atoms with Gasteiger partial charge in [-0.1, -0.05) is 66.7 Å². The van der Waals surface area contributed by atoms with Gasteiger partial charge in [0.15, 0.2) is 12.1 Å². The molecule has 6 rings (SSSR count). The molecule has 3 aromatic carbocycles. The van der Waals surface area contributed by atoms with Crippen LogP contribution in [0.3, 0.4) is 0 Å². The number of hydrogen-bond donors (Lipinski definition) is 0. The maximum absolute atomic E-state index is 13.6. The number of nitrogens with zero attached hydrogens (tertiary/aromatic N) is 4. The normalized spacial score (nSPS) is 11.7. The quantitative estimate of drug-likeness (QED) is 0.211. The van der Waals surface area contributed by atoms with Gasteiger partial charge in [0, 0.05) is 6.20 Å². The van der Waals surface area contributed by atoms with Gasteiger partial charge in [-0.25, -0.2) is 9.78 Å². The summed E-state index contributed by atoms with van der Waals surface area (Å²) in [5, 5.41) is 2.22. The summed E-state index contributed by atoms with van der Waals surface area (Å²) >= 11 is 0. The van der Waals surface area contributed by atoms with E-state index in [-0.39, 0.29) is 47.4 Å². The summed E-state index contributed by atoms with van der Waals surface area (Å²) in [5.74, 6) is -0.812. The molecule has 3 heterocycles. The maximum Gasteiger partial charge on any atom is 0.341 e. The highest BCUT2D eigenvalue weighted by Crippen LogP contribution is 2.20. The van der Waals surface area contributed by atoms with Gasteiger partial charge in [0.2, 0.25) is 0 Å². The van der Waals surface area contributed by atoms with Crippen LogP contribution in [0, 0.1) is 0 Å². The standard InChI is InChI=1S/C33H26N4O5/c1-2-41-33(40)27-19-26-30(34-28-14-8-9-17-36(28)32(26)39)37(20-22-10-4-3-5-11-22)31(27)35-29(38)21-42-25-16-15-23-12-6-7-13-24(23)18-25/h3-19H,2,20-21H2,1H3. The van der Waals surface area contributed by atoms with E-state index >= 15 is 0 Å². The van der Waals surface area contributed by atoms with Crippen molar-refractivity contribution in [1.82, 2.24) is 14.0 Å². The Morgan fingerprint density at radius 2 is 1.64 bits per heavy atom. The van der Waals surface area contributed by atoms with Crippen molar-refractivity contribution in [3.05, 3.63) is 130 Å².